The fraction of sp³-hybridized carbons (Fsp3) is 0.345. The van der Waals surface area contributed by atoms with Crippen LogP contribution in [0.2, 0.25) is 0 Å². The molecular formula is C29H37N5O3. The molecule has 196 valence electrons. The first-order chi connectivity index (χ1) is 17.6. The molecule has 0 saturated heterocycles. The Hall–Kier alpha value is -4.07. The molecule has 0 fully saturated rings. The first-order valence-electron chi connectivity index (χ1n) is 12.4. The molecule has 8 heteroatoms. The van der Waals surface area contributed by atoms with E-state index in [-0.39, 0.29) is 5.41 Å². The van der Waals surface area contributed by atoms with E-state index in [4.69, 9.17) is 14.0 Å². The molecule has 0 amide bonds. The van der Waals surface area contributed by atoms with E-state index in [1.165, 1.54) is 5.56 Å². The number of hydrogen-bond acceptors (Lipinski definition) is 8. The van der Waals surface area contributed by atoms with Gasteiger partial charge in [0.1, 0.15) is 17.9 Å². The van der Waals surface area contributed by atoms with Crippen LogP contribution in [0.3, 0.4) is 0 Å². The Balaban J connectivity index is 0.000000208. The van der Waals surface area contributed by atoms with Crippen LogP contribution < -0.4 is 20.1 Å². The molecule has 2 heterocycles. The molecule has 2 N–H and O–H groups in total. The molecule has 0 unspecified atom stereocenters. The van der Waals surface area contributed by atoms with E-state index in [9.17, 15) is 0 Å². The highest BCUT2D eigenvalue weighted by atomic mass is 16.5. The quantitative estimate of drug-likeness (QED) is 0.265. The fourth-order valence-electron chi connectivity index (χ4n) is 3.50. The lowest BCUT2D eigenvalue weighted by atomic mass is 9.93. The zero-order valence-electron chi connectivity index (χ0n) is 22.8. The van der Waals surface area contributed by atoms with Gasteiger partial charge in [-0.05, 0) is 51.5 Å². The van der Waals surface area contributed by atoms with Gasteiger partial charge in [0.2, 0.25) is 0 Å². The fourth-order valence-corrected chi connectivity index (χ4v) is 3.50. The van der Waals surface area contributed by atoms with Crippen molar-refractivity contribution in [3.8, 4) is 11.5 Å². The number of fused-ring (bicyclic) bond motifs is 1. The molecule has 4 aromatic rings. The molecule has 2 aromatic heterocycles. The molecule has 0 aliphatic carbocycles. The minimum absolute atomic E-state index is 0.0573. The number of benzene rings is 2. The summed E-state index contributed by atoms with van der Waals surface area (Å²) in [7, 11) is 0. The summed E-state index contributed by atoms with van der Waals surface area (Å²) in [4.78, 5) is 8.42. The largest absolute Gasteiger partial charge is 0.490 e. The highest BCUT2D eigenvalue weighted by Gasteiger charge is 2.19. The van der Waals surface area contributed by atoms with E-state index < -0.39 is 0 Å². The molecular weight excluding hydrogens is 466 g/mol. The monoisotopic (exact) mass is 503 g/mol. The van der Waals surface area contributed by atoms with Crippen LogP contribution in [0.25, 0.3) is 10.9 Å². The summed E-state index contributed by atoms with van der Waals surface area (Å²) in [5.74, 6) is 3.63. The predicted octanol–water partition coefficient (Wildman–Crippen LogP) is 7.01. The lowest BCUT2D eigenvalue weighted by Gasteiger charge is -2.12. The van der Waals surface area contributed by atoms with E-state index >= 15 is 0 Å². The average molecular weight is 504 g/mol. The molecule has 2 aromatic carbocycles. The summed E-state index contributed by atoms with van der Waals surface area (Å²) in [5, 5.41) is 11.3. The van der Waals surface area contributed by atoms with Gasteiger partial charge in [0.15, 0.2) is 17.3 Å². The Morgan fingerprint density at radius 3 is 2.27 bits per heavy atom. The first kappa shape index (κ1) is 27.5. The number of nitrogens with zero attached hydrogens (tertiary/aromatic N) is 3. The number of ether oxygens (including phenoxy) is 2. The minimum atomic E-state index is -0.0573. The van der Waals surface area contributed by atoms with Crippen molar-refractivity contribution in [3.05, 3.63) is 78.2 Å². The standard InChI is InChI=1S/C16H21N3O.C13H16N2O2/c1-11-7-6-8-13(9-11)17-12(2)18-15-10-14(20-19-15)16(3,4)5;1-4-16-12-6-10-9(3)14-8-15-11(10)7-13(12)17-5-2/h6-10,17H,2H2,1,3-5H3,(H,18,19);6-8H,4-5H2,1-3H3. The van der Waals surface area contributed by atoms with Gasteiger partial charge in [-0.1, -0.05) is 44.6 Å². The van der Waals surface area contributed by atoms with Gasteiger partial charge in [-0.25, -0.2) is 9.97 Å². The molecule has 0 bridgehead atoms. The smallest absolute Gasteiger partial charge is 0.175 e. The van der Waals surface area contributed by atoms with Crippen molar-refractivity contribution < 1.29 is 14.0 Å². The van der Waals surface area contributed by atoms with Gasteiger partial charge < -0.3 is 24.6 Å². The van der Waals surface area contributed by atoms with Gasteiger partial charge in [0, 0.05) is 34.3 Å². The summed E-state index contributed by atoms with van der Waals surface area (Å²) in [6.07, 6.45) is 1.56. The van der Waals surface area contributed by atoms with Crippen LogP contribution >= 0.6 is 0 Å². The van der Waals surface area contributed by atoms with Gasteiger partial charge in [0.05, 0.1) is 18.7 Å². The third kappa shape index (κ3) is 7.70. The van der Waals surface area contributed by atoms with E-state index in [0.29, 0.717) is 24.9 Å². The Morgan fingerprint density at radius 1 is 0.946 bits per heavy atom. The maximum Gasteiger partial charge on any atom is 0.175 e. The summed E-state index contributed by atoms with van der Waals surface area (Å²) >= 11 is 0. The van der Waals surface area contributed by atoms with Gasteiger partial charge in [-0.15, -0.1) is 0 Å². The topological polar surface area (TPSA) is 94.3 Å². The van der Waals surface area contributed by atoms with Crippen molar-refractivity contribution in [2.75, 3.05) is 23.8 Å². The lowest BCUT2D eigenvalue weighted by Crippen LogP contribution is -2.10. The molecule has 0 spiro atoms. The van der Waals surface area contributed by atoms with Gasteiger partial charge in [0.25, 0.3) is 0 Å². The van der Waals surface area contributed by atoms with Crippen LogP contribution in [-0.4, -0.2) is 28.3 Å². The van der Waals surface area contributed by atoms with Crippen molar-refractivity contribution in [2.45, 2.75) is 53.9 Å². The third-order valence-corrected chi connectivity index (χ3v) is 5.34. The van der Waals surface area contributed by atoms with E-state index in [1.807, 2.05) is 51.1 Å². The molecule has 0 aliphatic rings. The highest BCUT2D eigenvalue weighted by molar-refractivity contribution is 5.84. The molecule has 0 radical (unpaired) electrons. The maximum atomic E-state index is 5.57. The Labute approximate surface area is 219 Å². The summed E-state index contributed by atoms with van der Waals surface area (Å²) < 4.78 is 16.4. The van der Waals surface area contributed by atoms with Gasteiger partial charge in [-0.2, -0.15) is 0 Å². The van der Waals surface area contributed by atoms with Crippen molar-refractivity contribution in [3.63, 3.8) is 0 Å². The zero-order chi connectivity index (χ0) is 27.0. The SMILES string of the molecule is C=C(Nc1cccc(C)c1)Nc1cc(C(C)(C)C)on1.CCOc1cc2ncnc(C)c2cc1OCC. The van der Waals surface area contributed by atoms with Gasteiger partial charge in [-0.3, -0.25) is 0 Å². The van der Waals surface area contributed by atoms with E-state index in [1.54, 1.807) is 6.33 Å². The number of aromatic nitrogens is 3. The second-order valence-corrected chi connectivity index (χ2v) is 9.57. The van der Waals surface area contributed by atoms with Crippen LogP contribution in [-0.2, 0) is 5.41 Å². The first-order valence-corrected chi connectivity index (χ1v) is 12.4. The maximum absolute atomic E-state index is 5.57. The van der Waals surface area contributed by atoms with Crippen molar-refractivity contribution in [1.29, 1.82) is 0 Å². The molecule has 0 aliphatic heterocycles. The summed E-state index contributed by atoms with van der Waals surface area (Å²) in [6, 6.07) is 13.8. The average Bonchev–Trinajstić information content (AvgIpc) is 3.30. The third-order valence-electron chi connectivity index (χ3n) is 5.34. The molecule has 8 nitrogen and oxygen atoms in total. The molecule has 0 saturated carbocycles. The zero-order valence-corrected chi connectivity index (χ0v) is 22.8. The number of hydrogen-bond donors (Lipinski definition) is 2. The molecule has 37 heavy (non-hydrogen) atoms. The van der Waals surface area contributed by atoms with Crippen LogP contribution in [0.5, 0.6) is 11.5 Å². The van der Waals surface area contributed by atoms with Crippen molar-refractivity contribution in [1.82, 2.24) is 15.1 Å². The number of aryl methyl sites for hydroxylation is 2. The van der Waals surface area contributed by atoms with Gasteiger partial charge >= 0.3 is 0 Å². The molecule has 4 rings (SSSR count). The Kier molecular flexibility index (Phi) is 9.11. The van der Waals surface area contributed by atoms with Crippen LogP contribution in [0.1, 0.15) is 51.6 Å². The number of rotatable bonds is 8. The van der Waals surface area contributed by atoms with Crippen molar-refractivity contribution in [2.24, 2.45) is 0 Å². The summed E-state index contributed by atoms with van der Waals surface area (Å²) in [5.41, 5.74) is 3.95. The van der Waals surface area contributed by atoms with Crippen molar-refractivity contribution >= 4 is 22.4 Å². The van der Waals surface area contributed by atoms with Crippen LogP contribution in [0.4, 0.5) is 11.5 Å². The lowest BCUT2D eigenvalue weighted by molar-refractivity contribution is 0.288. The second kappa shape index (κ2) is 12.3. The van der Waals surface area contributed by atoms with Crippen LogP contribution in [0, 0.1) is 13.8 Å². The Bertz CT molecular complexity index is 1340. The van der Waals surface area contributed by atoms with Crippen LogP contribution in [0.15, 0.2) is 65.7 Å². The van der Waals surface area contributed by atoms with E-state index in [0.717, 1.165) is 39.5 Å². The summed E-state index contributed by atoms with van der Waals surface area (Å²) in [6.45, 7) is 19.3. The number of anilines is 2. The van der Waals surface area contributed by atoms with E-state index in [2.05, 4.69) is 72.2 Å². The number of nitrogens with one attached hydrogen (secondary N) is 2. The predicted molar refractivity (Wildman–Crippen MR) is 149 cm³/mol. The Morgan fingerprint density at radius 2 is 1.65 bits per heavy atom. The molecule has 0 atom stereocenters. The second-order valence-electron chi connectivity index (χ2n) is 9.57. The minimum Gasteiger partial charge on any atom is -0.490 e. The highest BCUT2D eigenvalue weighted by Crippen LogP contribution is 2.32. The normalized spacial score (nSPS) is 10.9.